The second-order valence-electron chi connectivity index (χ2n) is 9.11. The lowest BCUT2D eigenvalue weighted by Gasteiger charge is -2.11. The molecule has 5 nitrogen and oxygen atoms in total. The van der Waals surface area contributed by atoms with Gasteiger partial charge in [-0.1, -0.05) is 90.5 Å². The van der Waals surface area contributed by atoms with Crippen molar-refractivity contribution in [1.29, 1.82) is 0 Å². The number of anilines is 1. The highest BCUT2D eigenvalue weighted by Crippen LogP contribution is 2.41. The molecular weight excluding hydrogens is 524 g/mol. The van der Waals surface area contributed by atoms with Gasteiger partial charge in [0.2, 0.25) is 0 Å². The van der Waals surface area contributed by atoms with Crippen molar-refractivity contribution in [3.63, 3.8) is 0 Å². The SMILES string of the molecule is C/C=C(/c1nc(-c2ccccc2)nc(-c2cccc3c2sc2ccccc23)n1)c1c(N)oc2c(Cl)cccc12. The number of nitrogen functional groups attached to an aromatic ring is 1. The Bertz CT molecular complexity index is 2060. The predicted molar refractivity (Wildman–Crippen MR) is 162 cm³/mol. The third-order valence-electron chi connectivity index (χ3n) is 6.81. The van der Waals surface area contributed by atoms with Crippen LogP contribution in [0.25, 0.3) is 59.5 Å². The minimum atomic E-state index is 0.265. The van der Waals surface area contributed by atoms with Gasteiger partial charge in [-0.2, -0.15) is 0 Å². The van der Waals surface area contributed by atoms with Gasteiger partial charge in [0.15, 0.2) is 28.9 Å². The third kappa shape index (κ3) is 3.88. The summed E-state index contributed by atoms with van der Waals surface area (Å²) < 4.78 is 8.25. The zero-order chi connectivity index (χ0) is 26.5. The minimum Gasteiger partial charge on any atom is -0.439 e. The lowest BCUT2D eigenvalue weighted by Crippen LogP contribution is -2.04. The average Bonchev–Trinajstić information content (AvgIpc) is 3.52. The summed E-state index contributed by atoms with van der Waals surface area (Å²) in [6, 6.07) is 30.3. The fraction of sp³-hybridized carbons (Fsp3) is 0.0312. The van der Waals surface area contributed by atoms with Crippen molar-refractivity contribution in [1.82, 2.24) is 15.0 Å². The third-order valence-corrected chi connectivity index (χ3v) is 8.32. The number of hydrogen-bond donors (Lipinski definition) is 1. The molecule has 0 atom stereocenters. The van der Waals surface area contributed by atoms with Gasteiger partial charge in [0, 0.05) is 42.3 Å². The Morgan fingerprint density at radius 2 is 1.51 bits per heavy atom. The molecule has 3 aromatic heterocycles. The molecule has 0 spiro atoms. The molecule has 0 aliphatic heterocycles. The van der Waals surface area contributed by atoms with Crippen LogP contribution in [0.5, 0.6) is 0 Å². The van der Waals surface area contributed by atoms with E-state index >= 15 is 0 Å². The minimum absolute atomic E-state index is 0.265. The number of nitrogens with two attached hydrogens (primary N) is 1. The van der Waals surface area contributed by atoms with E-state index < -0.39 is 0 Å². The maximum atomic E-state index is 6.43. The standard InChI is InChI=1S/C32H21ClN4OS/c1-2-19(26-22-14-9-16-24(33)27(22)38-29(26)34)31-35-30(18-10-4-3-5-11-18)36-32(37-31)23-15-8-13-21-20-12-6-7-17-25(20)39-28(21)23/h2-17H,34H2,1H3/b19-2+. The van der Waals surface area contributed by atoms with Crippen LogP contribution < -0.4 is 5.73 Å². The van der Waals surface area contributed by atoms with E-state index in [1.807, 2.05) is 55.5 Å². The molecule has 0 radical (unpaired) electrons. The van der Waals surface area contributed by atoms with Crippen LogP contribution in [0.1, 0.15) is 18.3 Å². The quantitative estimate of drug-likeness (QED) is 0.239. The summed E-state index contributed by atoms with van der Waals surface area (Å²) in [5.74, 6) is 1.95. The van der Waals surface area contributed by atoms with E-state index in [-0.39, 0.29) is 5.88 Å². The molecule has 0 fully saturated rings. The van der Waals surface area contributed by atoms with Crippen molar-refractivity contribution in [3.05, 3.63) is 113 Å². The Balaban J connectivity index is 1.50. The molecule has 3 heterocycles. The second kappa shape index (κ2) is 9.34. The number of para-hydroxylation sites is 1. The fourth-order valence-corrected chi connectivity index (χ4v) is 6.45. The molecule has 4 aromatic carbocycles. The highest BCUT2D eigenvalue weighted by molar-refractivity contribution is 7.26. The largest absolute Gasteiger partial charge is 0.439 e. The predicted octanol–water partition coefficient (Wildman–Crippen LogP) is 9.01. The van der Waals surface area contributed by atoms with Gasteiger partial charge >= 0.3 is 0 Å². The lowest BCUT2D eigenvalue weighted by atomic mass is 10.0. The van der Waals surface area contributed by atoms with Crippen LogP contribution in [-0.4, -0.2) is 15.0 Å². The summed E-state index contributed by atoms with van der Waals surface area (Å²) in [6.45, 7) is 1.94. The van der Waals surface area contributed by atoms with E-state index in [1.165, 1.54) is 15.5 Å². The van der Waals surface area contributed by atoms with E-state index in [4.69, 9.17) is 36.7 Å². The number of nitrogens with zero attached hydrogens (tertiary/aromatic N) is 3. The van der Waals surface area contributed by atoms with Gasteiger partial charge in [-0.15, -0.1) is 11.3 Å². The Kier molecular flexibility index (Phi) is 5.65. The first-order chi connectivity index (χ1) is 19.1. The molecule has 0 aliphatic carbocycles. The van der Waals surface area contributed by atoms with Crippen molar-refractivity contribution in [2.45, 2.75) is 6.92 Å². The molecule has 7 rings (SSSR count). The van der Waals surface area contributed by atoms with Gasteiger partial charge in [-0.25, -0.2) is 15.0 Å². The molecule has 7 aromatic rings. The first kappa shape index (κ1) is 23.6. The highest BCUT2D eigenvalue weighted by atomic mass is 35.5. The van der Waals surface area contributed by atoms with Gasteiger partial charge in [-0.05, 0) is 25.1 Å². The summed E-state index contributed by atoms with van der Waals surface area (Å²) in [5, 5.41) is 3.71. The summed E-state index contributed by atoms with van der Waals surface area (Å²) in [6.07, 6.45) is 1.95. The zero-order valence-electron chi connectivity index (χ0n) is 20.9. The molecule has 2 N–H and O–H groups in total. The molecule has 39 heavy (non-hydrogen) atoms. The van der Waals surface area contributed by atoms with E-state index in [0.29, 0.717) is 33.6 Å². The molecule has 188 valence electrons. The summed E-state index contributed by atoms with van der Waals surface area (Å²) in [4.78, 5) is 14.9. The van der Waals surface area contributed by atoms with Crippen LogP contribution in [-0.2, 0) is 0 Å². The van der Waals surface area contributed by atoms with Crippen LogP contribution in [0.3, 0.4) is 0 Å². The van der Waals surface area contributed by atoms with Crippen LogP contribution in [0.2, 0.25) is 5.02 Å². The number of allylic oxidation sites excluding steroid dienone is 1. The Morgan fingerprint density at radius 3 is 2.36 bits per heavy atom. The van der Waals surface area contributed by atoms with Gasteiger partial charge in [0.1, 0.15) is 0 Å². The van der Waals surface area contributed by atoms with E-state index in [2.05, 4.69) is 42.5 Å². The first-order valence-corrected chi connectivity index (χ1v) is 13.7. The summed E-state index contributed by atoms with van der Waals surface area (Å²) in [5.41, 5.74) is 10.3. The summed E-state index contributed by atoms with van der Waals surface area (Å²) >= 11 is 8.17. The molecule has 0 aliphatic rings. The number of aromatic nitrogens is 3. The number of rotatable bonds is 4. The fourth-order valence-electron chi connectivity index (χ4n) is 5.02. The number of hydrogen-bond acceptors (Lipinski definition) is 6. The molecule has 0 saturated heterocycles. The van der Waals surface area contributed by atoms with E-state index in [1.54, 1.807) is 17.4 Å². The van der Waals surface area contributed by atoms with Crippen LogP contribution >= 0.6 is 22.9 Å². The lowest BCUT2D eigenvalue weighted by molar-refractivity contribution is 0.636. The Labute approximate surface area is 233 Å². The van der Waals surface area contributed by atoms with Gasteiger partial charge in [-0.3, -0.25) is 0 Å². The van der Waals surface area contributed by atoms with Crippen molar-refractivity contribution < 1.29 is 4.42 Å². The maximum absolute atomic E-state index is 6.43. The van der Waals surface area contributed by atoms with Crippen LogP contribution in [0, 0.1) is 0 Å². The Morgan fingerprint density at radius 1 is 0.795 bits per heavy atom. The smallest absolute Gasteiger partial charge is 0.199 e. The van der Waals surface area contributed by atoms with Crippen molar-refractivity contribution in [3.8, 4) is 22.8 Å². The molecule has 0 saturated carbocycles. The number of halogens is 1. The van der Waals surface area contributed by atoms with Gasteiger partial charge in [0.05, 0.1) is 10.6 Å². The van der Waals surface area contributed by atoms with Gasteiger partial charge < -0.3 is 10.2 Å². The average molecular weight is 545 g/mol. The molecule has 7 heteroatoms. The monoisotopic (exact) mass is 544 g/mol. The number of fused-ring (bicyclic) bond motifs is 4. The normalized spacial score (nSPS) is 12.1. The molecule has 0 unspecified atom stereocenters. The van der Waals surface area contributed by atoms with Crippen molar-refractivity contribution >= 4 is 65.5 Å². The van der Waals surface area contributed by atoms with Crippen molar-refractivity contribution in [2.75, 3.05) is 5.73 Å². The van der Waals surface area contributed by atoms with Crippen LogP contribution in [0.4, 0.5) is 5.88 Å². The van der Waals surface area contributed by atoms with Gasteiger partial charge in [0.25, 0.3) is 0 Å². The van der Waals surface area contributed by atoms with Crippen molar-refractivity contribution in [2.24, 2.45) is 0 Å². The van der Waals surface area contributed by atoms with Crippen LogP contribution in [0.15, 0.2) is 101 Å². The topological polar surface area (TPSA) is 77.8 Å². The number of thiophene rings is 1. The summed E-state index contributed by atoms with van der Waals surface area (Å²) in [7, 11) is 0. The molecule has 0 amide bonds. The van der Waals surface area contributed by atoms with E-state index in [0.717, 1.165) is 26.8 Å². The highest BCUT2D eigenvalue weighted by Gasteiger charge is 2.23. The molecule has 0 bridgehead atoms. The second-order valence-corrected chi connectivity index (χ2v) is 10.6. The zero-order valence-corrected chi connectivity index (χ0v) is 22.4. The first-order valence-electron chi connectivity index (χ1n) is 12.5. The van der Waals surface area contributed by atoms with E-state index in [9.17, 15) is 0 Å². The Hall–Kier alpha value is -4.52. The maximum Gasteiger partial charge on any atom is 0.199 e. The number of benzene rings is 4. The number of furan rings is 1. The molecular formula is C32H21ClN4OS.